The van der Waals surface area contributed by atoms with Crippen molar-refractivity contribution in [3.05, 3.63) is 0 Å². The number of ether oxygens (including phenoxy) is 4. The van der Waals surface area contributed by atoms with Crippen molar-refractivity contribution in [1.82, 2.24) is 9.80 Å². The van der Waals surface area contributed by atoms with Crippen molar-refractivity contribution in [2.24, 2.45) is 11.8 Å². The normalized spacial score (nSPS) is 12.7. The molecule has 10 nitrogen and oxygen atoms in total. The molecule has 2 unspecified atom stereocenters. The molecular formula is C54H108N2O8. The van der Waals surface area contributed by atoms with E-state index < -0.39 is 0 Å². The molecule has 0 amide bonds. The monoisotopic (exact) mass is 913 g/mol. The van der Waals surface area contributed by atoms with Crippen LogP contribution >= 0.6 is 0 Å². The van der Waals surface area contributed by atoms with Crippen molar-refractivity contribution in [2.45, 2.75) is 233 Å². The zero-order chi connectivity index (χ0) is 46.8. The highest BCUT2D eigenvalue weighted by atomic mass is 17.2. The summed E-state index contributed by atoms with van der Waals surface area (Å²) in [5.74, 6) is 0.233. The molecule has 0 aromatic carbocycles. The molecular weight excluding hydrogens is 805 g/mol. The molecule has 0 saturated carbocycles. The molecule has 0 radical (unpaired) electrons. The molecule has 0 aliphatic rings. The fourth-order valence-electron chi connectivity index (χ4n) is 8.54. The zero-order valence-electron chi connectivity index (χ0n) is 43.4. The summed E-state index contributed by atoms with van der Waals surface area (Å²) in [5.41, 5.74) is 0. The highest BCUT2D eigenvalue weighted by molar-refractivity contribution is 5.72. The van der Waals surface area contributed by atoms with Crippen LogP contribution in [0.2, 0.25) is 0 Å². The smallest absolute Gasteiger partial charge is 0.308 e. The van der Waals surface area contributed by atoms with E-state index in [0.717, 1.165) is 142 Å². The van der Waals surface area contributed by atoms with Crippen LogP contribution < -0.4 is 0 Å². The number of rotatable bonds is 53. The van der Waals surface area contributed by atoms with Crippen molar-refractivity contribution < 1.29 is 38.3 Å². The van der Waals surface area contributed by atoms with Crippen LogP contribution in [0.25, 0.3) is 0 Å². The summed E-state index contributed by atoms with van der Waals surface area (Å²) in [6, 6.07) is 0. The SMILES string of the molecule is CCCCCCCCC(CCCCCC)C(=O)OCCCCCCN(CCCCCCOC(=O)C(CCCCCC)CCCCCCCC)CCN(CCOCCOC)CCOOC. The van der Waals surface area contributed by atoms with Crippen LogP contribution in [-0.4, -0.2) is 115 Å². The van der Waals surface area contributed by atoms with Gasteiger partial charge in [-0.05, 0) is 64.5 Å². The number of carbonyl (C=O) groups is 2. The van der Waals surface area contributed by atoms with E-state index >= 15 is 0 Å². The Morgan fingerprint density at radius 3 is 1.14 bits per heavy atom. The number of nitrogens with zero attached hydrogens (tertiary/aromatic N) is 2. The molecule has 0 aromatic rings. The van der Waals surface area contributed by atoms with Crippen LogP contribution in [0.5, 0.6) is 0 Å². The van der Waals surface area contributed by atoms with Gasteiger partial charge in [0, 0.05) is 33.3 Å². The van der Waals surface area contributed by atoms with Gasteiger partial charge in [-0.3, -0.25) is 14.5 Å². The van der Waals surface area contributed by atoms with Gasteiger partial charge < -0.3 is 23.8 Å². The highest BCUT2D eigenvalue weighted by Crippen LogP contribution is 2.22. The minimum atomic E-state index is 0.0458. The third-order valence-electron chi connectivity index (χ3n) is 12.8. The van der Waals surface area contributed by atoms with Gasteiger partial charge in [-0.25, -0.2) is 9.78 Å². The quantitative estimate of drug-likeness (QED) is 0.0254. The Kier molecular flexibility index (Phi) is 50.1. The van der Waals surface area contributed by atoms with Crippen molar-refractivity contribution in [1.29, 1.82) is 0 Å². The van der Waals surface area contributed by atoms with Gasteiger partial charge >= 0.3 is 11.9 Å². The Bertz CT molecular complexity index is 900. The number of hydrogen-bond acceptors (Lipinski definition) is 10. The maximum atomic E-state index is 13.2. The van der Waals surface area contributed by atoms with Gasteiger partial charge in [0.25, 0.3) is 0 Å². The first kappa shape index (κ1) is 62.7. The second kappa shape index (κ2) is 51.1. The molecule has 0 bridgehead atoms. The van der Waals surface area contributed by atoms with E-state index in [1.165, 1.54) is 103 Å². The molecule has 0 aliphatic heterocycles. The van der Waals surface area contributed by atoms with Crippen molar-refractivity contribution in [3.63, 3.8) is 0 Å². The Balaban J connectivity index is 5.00. The van der Waals surface area contributed by atoms with Gasteiger partial charge in [0.2, 0.25) is 0 Å². The topological polar surface area (TPSA) is 96.0 Å². The Hall–Kier alpha value is -1.30. The van der Waals surface area contributed by atoms with Crippen LogP contribution in [0.3, 0.4) is 0 Å². The molecule has 0 heterocycles. The first-order valence-corrected chi connectivity index (χ1v) is 27.5. The molecule has 2 atom stereocenters. The summed E-state index contributed by atoms with van der Waals surface area (Å²) in [4.78, 5) is 41.4. The summed E-state index contributed by atoms with van der Waals surface area (Å²) < 4.78 is 22.7. The Labute approximate surface area is 397 Å². The molecule has 0 aromatic heterocycles. The average molecular weight is 913 g/mol. The minimum absolute atomic E-state index is 0.0458. The fourth-order valence-corrected chi connectivity index (χ4v) is 8.54. The molecule has 0 fully saturated rings. The lowest BCUT2D eigenvalue weighted by molar-refractivity contribution is -0.273. The van der Waals surface area contributed by atoms with E-state index in [1.54, 1.807) is 14.2 Å². The largest absolute Gasteiger partial charge is 0.465 e. The fraction of sp³-hybridized carbons (Fsp3) is 0.963. The second-order valence-electron chi connectivity index (χ2n) is 18.6. The first-order chi connectivity index (χ1) is 31.5. The molecule has 0 aliphatic carbocycles. The molecule has 64 heavy (non-hydrogen) atoms. The van der Waals surface area contributed by atoms with E-state index in [9.17, 15) is 9.59 Å². The molecule has 382 valence electrons. The van der Waals surface area contributed by atoms with Crippen LogP contribution in [0.15, 0.2) is 0 Å². The van der Waals surface area contributed by atoms with Gasteiger partial charge in [-0.15, -0.1) is 0 Å². The number of hydrogen-bond donors (Lipinski definition) is 0. The number of esters is 2. The van der Waals surface area contributed by atoms with E-state index in [4.69, 9.17) is 28.7 Å². The van der Waals surface area contributed by atoms with Crippen LogP contribution in [0, 0.1) is 11.8 Å². The summed E-state index contributed by atoms with van der Waals surface area (Å²) in [6.45, 7) is 18.1. The van der Waals surface area contributed by atoms with Gasteiger partial charge in [-0.1, -0.05) is 182 Å². The number of unbranched alkanes of at least 4 members (excludes halogenated alkanes) is 22. The summed E-state index contributed by atoms with van der Waals surface area (Å²) in [5, 5.41) is 0. The summed E-state index contributed by atoms with van der Waals surface area (Å²) >= 11 is 0. The third kappa shape index (κ3) is 42.1. The maximum absolute atomic E-state index is 13.2. The van der Waals surface area contributed by atoms with Crippen LogP contribution in [-0.2, 0) is 38.3 Å². The highest BCUT2D eigenvalue weighted by Gasteiger charge is 2.21. The average Bonchev–Trinajstić information content (AvgIpc) is 3.30. The first-order valence-electron chi connectivity index (χ1n) is 27.5. The van der Waals surface area contributed by atoms with E-state index in [1.807, 2.05) is 0 Å². The van der Waals surface area contributed by atoms with E-state index in [-0.39, 0.29) is 23.8 Å². The van der Waals surface area contributed by atoms with Gasteiger partial charge in [0.05, 0.1) is 58.6 Å². The maximum Gasteiger partial charge on any atom is 0.308 e. The Morgan fingerprint density at radius 2 is 0.719 bits per heavy atom. The van der Waals surface area contributed by atoms with Crippen molar-refractivity contribution in [3.8, 4) is 0 Å². The lowest BCUT2D eigenvalue weighted by atomic mass is 9.94. The zero-order valence-corrected chi connectivity index (χ0v) is 43.4. The van der Waals surface area contributed by atoms with Crippen molar-refractivity contribution in [2.75, 3.05) is 93.1 Å². The number of carbonyl (C=O) groups excluding carboxylic acids is 2. The van der Waals surface area contributed by atoms with Crippen LogP contribution in [0.1, 0.15) is 233 Å². The molecule has 0 N–H and O–H groups in total. The lowest BCUT2D eigenvalue weighted by Gasteiger charge is -2.27. The summed E-state index contributed by atoms with van der Waals surface area (Å²) in [6.07, 6.45) is 37.2. The van der Waals surface area contributed by atoms with Gasteiger partial charge in [0.15, 0.2) is 0 Å². The van der Waals surface area contributed by atoms with E-state index in [2.05, 4.69) is 37.5 Å². The van der Waals surface area contributed by atoms with E-state index in [0.29, 0.717) is 39.6 Å². The predicted octanol–water partition coefficient (Wildman–Crippen LogP) is 13.7. The lowest BCUT2D eigenvalue weighted by Crippen LogP contribution is -2.39. The van der Waals surface area contributed by atoms with Gasteiger partial charge in [0.1, 0.15) is 0 Å². The minimum Gasteiger partial charge on any atom is -0.465 e. The standard InChI is InChI=1S/C54H108N2O8/c1-7-11-15-19-21-29-37-51(35-27-17-13-9-3)53(57)62-45-33-25-23-31-39-55(41-42-56(44-48-64-60-6)43-47-61-50-49-59-5)40-32-24-26-34-46-63-54(58)52(36-28-18-14-10-4)38-30-22-20-16-12-8-2/h51-52H,7-50H2,1-6H3. The Morgan fingerprint density at radius 1 is 0.359 bits per heavy atom. The predicted molar refractivity (Wildman–Crippen MR) is 268 cm³/mol. The molecule has 0 saturated heterocycles. The van der Waals surface area contributed by atoms with Crippen molar-refractivity contribution >= 4 is 11.9 Å². The second-order valence-corrected chi connectivity index (χ2v) is 18.6. The third-order valence-corrected chi connectivity index (χ3v) is 12.8. The van der Waals surface area contributed by atoms with Crippen LogP contribution in [0.4, 0.5) is 0 Å². The molecule has 10 heteroatoms. The molecule has 0 spiro atoms. The van der Waals surface area contributed by atoms with Gasteiger partial charge in [-0.2, -0.15) is 0 Å². The number of methoxy groups -OCH3 is 1. The summed E-state index contributed by atoms with van der Waals surface area (Å²) in [7, 11) is 3.25. The molecule has 0 rings (SSSR count).